The maximum absolute atomic E-state index is 11.5. The molecular formula is C18H22N4O. The fourth-order valence-corrected chi connectivity index (χ4v) is 2.29. The Kier molecular flexibility index (Phi) is 5.86. The monoisotopic (exact) mass is 310 g/mol. The van der Waals surface area contributed by atoms with E-state index in [1.807, 2.05) is 48.5 Å². The summed E-state index contributed by atoms with van der Waals surface area (Å²) in [4.78, 5) is 13.7. The van der Waals surface area contributed by atoms with Crippen molar-refractivity contribution < 1.29 is 4.79 Å². The van der Waals surface area contributed by atoms with Crippen LogP contribution in [0.2, 0.25) is 0 Å². The van der Waals surface area contributed by atoms with E-state index < -0.39 is 0 Å². The van der Waals surface area contributed by atoms with Gasteiger partial charge >= 0.3 is 0 Å². The molecule has 0 radical (unpaired) electrons. The molecule has 0 saturated carbocycles. The van der Waals surface area contributed by atoms with E-state index in [4.69, 9.17) is 0 Å². The van der Waals surface area contributed by atoms with Gasteiger partial charge in [0.25, 0.3) is 0 Å². The van der Waals surface area contributed by atoms with Crippen molar-refractivity contribution in [1.82, 2.24) is 0 Å². The summed E-state index contributed by atoms with van der Waals surface area (Å²) in [5.41, 5.74) is 3.13. The molecule has 2 aromatic carbocycles. The molecule has 0 saturated heterocycles. The van der Waals surface area contributed by atoms with Crippen molar-refractivity contribution in [3.05, 3.63) is 48.5 Å². The maximum Gasteiger partial charge on any atom is 0.221 e. The Balaban J connectivity index is 2.34. The van der Waals surface area contributed by atoms with Gasteiger partial charge in [0, 0.05) is 25.7 Å². The molecule has 2 aromatic rings. The summed E-state index contributed by atoms with van der Waals surface area (Å²) in [5, 5.41) is 11.3. The lowest BCUT2D eigenvalue weighted by Crippen LogP contribution is -2.21. The second kappa shape index (κ2) is 8.08. The SMILES string of the molecule is CCN(CC)c1ccc(N=Nc2ccccc2)c(NC(C)=O)c1. The molecule has 0 aliphatic carbocycles. The summed E-state index contributed by atoms with van der Waals surface area (Å²) in [6.45, 7) is 7.50. The van der Waals surface area contributed by atoms with Crippen LogP contribution in [0.25, 0.3) is 0 Å². The Hall–Kier alpha value is -2.69. The minimum absolute atomic E-state index is 0.127. The zero-order valence-electron chi connectivity index (χ0n) is 13.8. The highest BCUT2D eigenvalue weighted by Gasteiger charge is 2.08. The lowest BCUT2D eigenvalue weighted by Gasteiger charge is -2.22. The fourth-order valence-electron chi connectivity index (χ4n) is 2.29. The number of amides is 1. The molecule has 23 heavy (non-hydrogen) atoms. The Morgan fingerprint density at radius 3 is 2.35 bits per heavy atom. The van der Waals surface area contributed by atoms with Crippen molar-refractivity contribution in [2.75, 3.05) is 23.3 Å². The van der Waals surface area contributed by atoms with Crippen LogP contribution in [-0.2, 0) is 4.79 Å². The van der Waals surface area contributed by atoms with Crippen molar-refractivity contribution >= 4 is 28.7 Å². The molecule has 0 aliphatic heterocycles. The third-order valence-corrected chi connectivity index (χ3v) is 3.45. The predicted octanol–water partition coefficient (Wildman–Crippen LogP) is 4.91. The van der Waals surface area contributed by atoms with E-state index in [0.717, 1.165) is 24.5 Å². The summed E-state index contributed by atoms with van der Waals surface area (Å²) in [7, 11) is 0. The number of hydrogen-bond donors (Lipinski definition) is 1. The van der Waals surface area contributed by atoms with Crippen LogP contribution in [0.4, 0.5) is 22.7 Å². The zero-order valence-corrected chi connectivity index (χ0v) is 13.8. The molecule has 0 fully saturated rings. The van der Waals surface area contributed by atoms with Crippen LogP contribution in [-0.4, -0.2) is 19.0 Å². The molecule has 0 aromatic heterocycles. The van der Waals surface area contributed by atoms with Crippen molar-refractivity contribution in [3.63, 3.8) is 0 Å². The molecule has 0 spiro atoms. The number of nitrogens with zero attached hydrogens (tertiary/aromatic N) is 3. The Bertz CT molecular complexity index is 679. The van der Waals surface area contributed by atoms with Gasteiger partial charge in [-0.2, -0.15) is 5.11 Å². The van der Waals surface area contributed by atoms with Gasteiger partial charge in [-0.1, -0.05) is 18.2 Å². The van der Waals surface area contributed by atoms with E-state index in [-0.39, 0.29) is 5.91 Å². The fraction of sp³-hybridized carbons (Fsp3) is 0.278. The van der Waals surface area contributed by atoms with Gasteiger partial charge in [0.2, 0.25) is 5.91 Å². The van der Waals surface area contributed by atoms with Gasteiger partial charge in [0.1, 0.15) is 5.69 Å². The van der Waals surface area contributed by atoms with E-state index in [2.05, 4.69) is 34.3 Å². The molecule has 0 aliphatic rings. The summed E-state index contributed by atoms with van der Waals surface area (Å²) in [6, 6.07) is 15.3. The number of azo groups is 1. The van der Waals surface area contributed by atoms with Crippen LogP contribution in [0.15, 0.2) is 58.8 Å². The van der Waals surface area contributed by atoms with E-state index in [0.29, 0.717) is 11.4 Å². The summed E-state index contributed by atoms with van der Waals surface area (Å²) in [6.07, 6.45) is 0. The minimum atomic E-state index is -0.127. The number of nitrogens with one attached hydrogen (secondary N) is 1. The summed E-state index contributed by atoms with van der Waals surface area (Å²) in [5.74, 6) is -0.127. The van der Waals surface area contributed by atoms with Crippen molar-refractivity contribution in [1.29, 1.82) is 0 Å². The molecule has 0 bridgehead atoms. The van der Waals surface area contributed by atoms with Crippen LogP contribution in [0.3, 0.4) is 0 Å². The normalized spacial score (nSPS) is 10.7. The molecule has 2 rings (SSSR count). The third kappa shape index (κ3) is 4.64. The first kappa shape index (κ1) is 16.7. The standard InChI is InChI=1S/C18H22N4O/c1-4-22(5-2)16-11-12-17(18(13-16)19-14(3)23)21-20-15-9-7-6-8-10-15/h6-13H,4-5H2,1-3H3,(H,19,23). The number of benzene rings is 2. The second-order valence-corrected chi connectivity index (χ2v) is 5.09. The van der Waals surface area contributed by atoms with Crippen LogP contribution in [0, 0.1) is 0 Å². The molecule has 1 amide bonds. The number of anilines is 2. The van der Waals surface area contributed by atoms with Gasteiger partial charge in [0.15, 0.2) is 0 Å². The topological polar surface area (TPSA) is 57.1 Å². The molecular weight excluding hydrogens is 288 g/mol. The molecule has 1 N–H and O–H groups in total. The average molecular weight is 310 g/mol. The van der Waals surface area contributed by atoms with E-state index in [9.17, 15) is 4.79 Å². The van der Waals surface area contributed by atoms with Crippen LogP contribution < -0.4 is 10.2 Å². The van der Waals surface area contributed by atoms with Gasteiger partial charge in [-0.25, -0.2) is 0 Å². The first-order chi connectivity index (χ1) is 11.1. The second-order valence-electron chi connectivity index (χ2n) is 5.09. The Morgan fingerprint density at radius 2 is 1.74 bits per heavy atom. The van der Waals surface area contributed by atoms with Gasteiger partial charge in [0.05, 0.1) is 11.4 Å². The predicted molar refractivity (Wildman–Crippen MR) is 94.9 cm³/mol. The average Bonchev–Trinajstić information content (AvgIpc) is 2.55. The number of rotatable bonds is 6. The van der Waals surface area contributed by atoms with Gasteiger partial charge in [-0.3, -0.25) is 4.79 Å². The number of carbonyl (C=O) groups excluding carboxylic acids is 1. The largest absolute Gasteiger partial charge is 0.372 e. The quantitative estimate of drug-likeness (QED) is 0.771. The smallest absolute Gasteiger partial charge is 0.221 e. The molecule has 0 unspecified atom stereocenters. The lowest BCUT2D eigenvalue weighted by atomic mass is 10.2. The Labute approximate surface area is 137 Å². The van der Waals surface area contributed by atoms with Crippen molar-refractivity contribution in [3.8, 4) is 0 Å². The molecule has 5 nitrogen and oxygen atoms in total. The molecule has 0 heterocycles. The van der Waals surface area contributed by atoms with Crippen LogP contribution >= 0.6 is 0 Å². The van der Waals surface area contributed by atoms with Crippen molar-refractivity contribution in [2.45, 2.75) is 20.8 Å². The number of hydrogen-bond acceptors (Lipinski definition) is 4. The van der Waals surface area contributed by atoms with E-state index in [1.165, 1.54) is 6.92 Å². The minimum Gasteiger partial charge on any atom is -0.372 e. The molecule has 0 atom stereocenters. The van der Waals surface area contributed by atoms with Gasteiger partial charge in [-0.15, -0.1) is 5.11 Å². The first-order valence-electron chi connectivity index (χ1n) is 7.77. The highest BCUT2D eigenvalue weighted by Crippen LogP contribution is 2.31. The highest BCUT2D eigenvalue weighted by atomic mass is 16.1. The first-order valence-corrected chi connectivity index (χ1v) is 7.77. The van der Waals surface area contributed by atoms with Gasteiger partial charge in [-0.05, 0) is 44.2 Å². The van der Waals surface area contributed by atoms with Crippen molar-refractivity contribution in [2.24, 2.45) is 10.2 Å². The van der Waals surface area contributed by atoms with Crippen LogP contribution in [0.5, 0.6) is 0 Å². The third-order valence-electron chi connectivity index (χ3n) is 3.45. The zero-order chi connectivity index (χ0) is 16.7. The van der Waals surface area contributed by atoms with E-state index in [1.54, 1.807) is 0 Å². The van der Waals surface area contributed by atoms with Crippen LogP contribution in [0.1, 0.15) is 20.8 Å². The molecule has 120 valence electrons. The summed E-state index contributed by atoms with van der Waals surface area (Å²) >= 11 is 0. The maximum atomic E-state index is 11.5. The van der Waals surface area contributed by atoms with E-state index >= 15 is 0 Å². The lowest BCUT2D eigenvalue weighted by molar-refractivity contribution is -0.114. The summed E-state index contributed by atoms with van der Waals surface area (Å²) < 4.78 is 0. The van der Waals surface area contributed by atoms with Gasteiger partial charge < -0.3 is 10.2 Å². The number of carbonyl (C=O) groups is 1. The highest BCUT2D eigenvalue weighted by molar-refractivity contribution is 5.92. The molecule has 5 heteroatoms. The Morgan fingerprint density at radius 1 is 1.04 bits per heavy atom.